The molecule has 0 fully saturated rings. The Morgan fingerprint density at radius 3 is 2.45 bits per heavy atom. The van der Waals surface area contributed by atoms with E-state index in [-0.39, 0.29) is 16.4 Å². The van der Waals surface area contributed by atoms with Gasteiger partial charge in [-0.3, -0.25) is 15.1 Å². The quantitative estimate of drug-likeness (QED) is 0.583. The molecule has 0 aliphatic carbocycles. The van der Waals surface area contributed by atoms with E-state index in [1.807, 2.05) is 0 Å². The van der Waals surface area contributed by atoms with Gasteiger partial charge in [0.15, 0.2) is 0 Å². The number of nitrogens with two attached hydrogens (primary N) is 1. The van der Waals surface area contributed by atoms with Crippen molar-refractivity contribution in [3.05, 3.63) is 54.1 Å². The fourth-order valence-corrected chi connectivity index (χ4v) is 2.50. The molecule has 0 aliphatic rings. The van der Waals surface area contributed by atoms with Gasteiger partial charge in [0.1, 0.15) is 16.5 Å². The summed E-state index contributed by atoms with van der Waals surface area (Å²) in [7, 11) is -3.91. The zero-order valence-corrected chi connectivity index (χ0v) is 11.0. The fraction of sp³-hybridized carbons (Fsp3) is 0. The molecule has 0 radical (unpaired) electrons. The van der Waals surface area contributed by atoms with Gasteiger partial charge < -0.3 is 5.73 Å². The second kappa shape index (κ2) is 5.25. The second-order valence-electron chi connectivity index (χ2n) is 3.94. The molecule has 0 saturated heterocycles. The molecule has 2 rings (SSSR count). The van der Waals surface area contributed by atoms with Crippen molar-refractivity contribution in [2.45, 2.75) is 4.90 Å². The highest BCUT2D eigenvalue weighted by atomic mass is 32.2. The van der Waals surface area contributed by atoms with Crippen molar-refractivity contribution >= 4 is 21.5 Å². The summed E-state index contributed by atoms with van der Waals surface area (Å²) in [5.74, 6) is -0.853. The van der Waals surface area contributed by atoms with Gasteiger partial charge in [0.2, 0.25) is 0 Å². The number of rotatable bonds is 4. The number of halogens is 1. The molecule has 0 unspecified atom stereocenters. The first-order valence-electron chi connectivity index (χ1n) is 5.46. The van der Waals surface area contributed by atoms with Crippen molar-refractivity contribution in [1.29, 1.82) is 5.41 Å². The Labute approximate surface area is 115 Å². The summed E-state index contributed by atoms with van der Waals surface area (Å²) in [4.78, 5) is 3.22. The molecule has 0 spiro atoms. The minimum Gasteiger partial charge on any atom is -0.384 e. The van der Waals surface area contributed by atoms with Crippen LogP contribution in [0.1, 0.15) is 5.56 Å². The maximum absolute atomic E-state index is 13.0. The van der Waals surface area contributed by atoms with Crippen LogP contribution in [0.5, 0.6) is 0 Å². The molecule has 6 nitrogen and oxygen atoms in total. The Morgan fingerprint density at radius 2 is 1.90 bits per heavy atom. The van der Waals surface area contributed by atoms with Gasteiger partial charge >= 0.3 is 0 Å². The molecule has 0 aliphatic heterocycles. The molecular formula is C12H11FN4O2S. The number of amidine groups is 1. The first-order chi connectivity index (χ1) is 9.38. The number of nitrogens with one attached hydrogen (secondary N) is 2. The molecule has 1 aromatic heterocycles. The summed E-state index contributed by atoms with van der Waals surface area (Å²) in [5, 5.41) is 7.23. The molecule has 1 heterocycles. The Balaban J connectivity index is 2.26. The smallest absolute Gasteiger partial charge is 0.263 e. The third kappa shape index (κ3) is 3.09. The van der Waals surface area contributed by atoms with Crippen LogP contribution in [0, 0.1) is 11.2 Å². The van der Waals surface area contributed by atoms with Gasteiger partial charge in [-0.25, -0.2) is 12.8 Å². The molecular weight excluding hydrogens is 283 g/mol. The number of nitrogen functional groups attached to an aromatic ring is 1. The maximum atomic E-state index is 13.0. The molecule has 2 aromatic rings. The number of sulfonamides is 1. The summed E-state index contributed by atoms with van der Waals surface area (Å²) in [6, 6.07) is 6.80. The third-order valence-electron chi connectivity index (χ3n) is 2.44. The van der Waals surface area contributed by atoms with E-state index in [9.17, 15) is 12.8 Å². The second-order valence-corrected chi connectivity index (χ2v) is 5.62. The molecule has 1 aromatic carbocycles. The Hall–Kier alpha value is -2.48. The largest absolute Gasteiger partial charge is 0.384 e. The lowest BCUT2D eigenvalue weighted by Crippen LogP contribution is -2.14. The molecule has 0 atom stereocenters. The predicted molar refractivity (Wildman–Crippen MR) is 72.5 cm³/mol. The summed E-state index contributed by atoms with van der Waals surface area (Å²) < 4.78 is 39.2. The Bertz CT molecular complexity index is 744. The van der Waals surface area contributed by atoms with Crippen LogP contribution in [0.15, 0.2) is 47.6 Å². The lowest BCUT2D eigenvalue weighted by Gasteiger charge is -2.08. The van der Waals surface area contributed by atoms with Gasteiger partial charge in [-0.2, -0.15) is 0 Å². The maximum Gasteiger partial charge on any atom is 0.263 e. The highest BCUT2D eigenvalue weighted by Gasteiger charge is 2.15. The number of hydrogen-bond acceptors (Lipinski definition) is 4. The minimum atomic E-state index is -3.91. The average molecular weight is 294 g/mol. The fourth-order valence-electron chi connectivity index (χ4n) is 1.47. The minimum absolute atomic E-state index is 0.117. The number of aromatic nitrogens is 1. The SMILES string of the molecule is N=C(N)c1ccc(NS(=O)(=O)c2cncc(F)c2)cc1. The van der Waals surface area contributed by atoms with Crippen molar-refractivity contribution in [2.24, 2.45) is 5.73 Å². The van der Waals surface area contributed by atoms with Crippen molar-refractivity contribution in [2.75, 3.05) is 4.72 Å². The van der Waals surface area contributed by atoms with Crippen LogP contribution >= 0.6 is 0 Å². The van der Waals surface area contributed by atoms with Gasteiger partial charge in [0.25, 0.3) is 10.0 Å². The number of hydrogen-bond donors (Lipinski definition) is 3. The Kier molecular flexibility index (Phi) is 3.66. The van der Waals surface area contributed by atoms with Crippen LogP contribution in [-0.2, 0) is 10.0 Å². The number of pyridine rings is 1. The van der Waals surface area contributed by atoms with Crippen LogP contribution in [0.25, 0.3) is 0 Å². The molecule has 0 amide bonds. The van der Waals surface area contributed by atoms with Gasteiger partial charge in [-0.15, -0.1) is 0 Å². The molecule has 0 bridgehead atoms. The summed E-state index contributed by atoms with van der Waals surface area (Å²) in [6.45, 7) is 0. The van der Waals surface area contributed by atoms with Crippen molar-refractivity contribution in [3.8, 4) is 0 Å². The van der Waals surface area contributed by atoms with Crippen molar-refractivity contribution in [1.82, 2.24) is 4.98 Å². The van der Waals surface area contributed by atoms with E-state index in [0.29, 0.717) is 5.56 Å². The molecule has 20 heavy (non-hydrogen) atoms. The first kappa shape index (κ1) is 13.9. The van der Waals surface area contributed by atoms with E-state index in [2.05, 4.69) is 9.71 Å². The predicted octanol–water partition coefficient (Wildman–Crippen LogP) is 1.31. The van der Waals surface area contributed by atoms with E-state index in [1.165, 1.54) is 24.3 Å². The highest BCUT2D eigenvalue weighted by molar-refractivity contribution is 7.92. The average Bonchev–Trinajstić information content (AvgIpc) is 2.39. The zero-order chi connectivity index (χ0) is 14.8. The van der Waals surface area contributed by atoms with Crippen LogP contribution in [-0.4, -0.2) is 19.2 Å². The van der Waals surface area contributed by atoms with Crippen LogP contribution in [0.3, 0.4) is 0 Å². The van der Waals surface area contributed by atoms with E-state index >= 15 is 0 Å². The van der Waals surface area contributed by atoms with Gasteiger partial charge in [-0.1, -0.05) is 0 Å². The molecule has 104 valence electrons. The van der Waals surface area contributed by atoms with Crippen LogP contribution < -0.4 is 10.5 Å². The standard InChI is InChI=1S/C12H11FN4O2S/c13-9-5-11(7-16-6-9)20(18,19)17-10-3-1-8(2-4-10)12(14)15/h1-7,17H,(H3,14,15). The molecule has 0 saturated carbocycles. The van der Waals surface area contributed by atoms with Crippen molar-refractivity contribution in [3.63, 3.8) is 0 Å². The monoisotopic (exact) mass is 294 g/mol. The number of anilines is 1. The lowest BCUT2D eigenvalue weighted by molar-refractivity contribution is 0.592. The first-order valence-corrected chi connectivity index (χ1v) is 6.94. The summed E-state index contributed by atoms with van der Waals surface area (Å²) in [6.07, 6.45) is 1.97. The van der Waals surface area contributed by atoms with E-state index in [4.69, 9.17) is 11.1 Å². The van der Waals surface area contributed by atoms with Crippen LogP contribution in [0.2, 0.25) is 0 Å². The van der Waals surface area contributed by atoms with E-state index in [0.717, 1.165) is 18.5 Å². The highest BCUT2D eigenvalue weighted by Crippen LogP contribution is 2.16. The Morgan fingerprint density at radius 1 is 1.25 bits per heavy atom. The van der Waals surface area contributed by atoms with E-state index in [1.54, 1.807) is 0 Å². The molecule has 8 heteroatoms. The third-order valence-corrected chi connectivity index (χ3v) is 3.79. The lowest BCUT2D eigenvalue weighted by atomic mass is 10.2. The van der Waals surface area contributed by atoms with Gasteiger partial charge in [0, 0.05) is 17.4 Å². The number of nitrogens with zero attached hydrogens (tertiary/aromatic N) is 1. The summed E-state index contributed by atoms with van der Waals surface area (Å²) >= 11 is 0. The zero-order valence-electron chi connectivity index (χ0n) is 10.2. The summed E-state index contributed by atoms with van der Waals surface area (Å²) in [5.41, 5.74) is 6.04. The van der Waals surface area contributed by atoms with E-state index < -0.39 is 15.8 Å². The van der Waals surface area contributed by atoms with Gasteiger partial charge in [0.05, 0.1) is 6.20 Å². The number of benzene rings is 1. The topological polar surface area (TPSA) is 109 Å². The normalized spacial score (nSPS) is 11.1. The molecule has 4 N–H and O–H groups in total. The van der Waals surface area contributed by atoms with Crippen molar-refractivity contribution < 1.29 is 12.8 Å². The van der Waals surface area contributed by atoms with Gasteiger partial charge in [-0.05, 0) is 30.3 Å². The van der Waals surface area contributed by atoms with Crippen LogP contribution in [0.4, 0.5) is 10.1 Å².